The summed E-state index contributed by atoms with van der Waals surface area (Å²) in [5, 5.41) is 47.4. The molecule has 0 saturated carbocycles. The Hall–Kier alpha value is -3.55. The summed E-state index contributed by atoms with van der Waals surface area (Å²) >= 11 is 0. The number of sulfone groups is 1. The van der Waals surface area contributed by atoms with Gasteiger partial charge in [-0.15, -0.1) is 20.4 Å². The number of hydrogen-bond donors (Lipinski definition) is 3. The predicted molar refractivity (Wildman–Crippen MR) is 234 cm³/mol. The van der Waals surface area contributed by atoms with Gasteiger partial charge in [0.15, 0.2) is 31.5 Å². The summed E-state index contributed by atoms with van der Waals surface area (Å²) in [7, 11) is -5.48. The fourth-order valence-electron chi connectivity index (χ4n) is 2.20. The minimum Gasteiger partial charge on any atom is -0.511 e. The summed E-state index contributed by atoms with van der Waals surface area (Å²) < 4.78 is 32.7. The minimum atomic E-state index is -2.74. The second-order valence-corrected chi connectivity index (χ2v) is 21.2. The molecule has 58 heavy (non-hydrogen) atoms. The molecule has 22 heteroatoms. The molecule has 0 radical (unpaired) electrons. The SMILES string of the molecule is C=C(O)Cn1nnnc1C(C)C.CB(O)C(C)C.CC(=O)C(C)C.CC(=O)Cn1nnc(C(C)C)n1.CC(C)C1=NCN=N1.CC(C)P(C)(=O)O.CC(C)S(C)(=O)=O. The number of tetrazole rings is 2. The molecule has 2 aromatic heterocycles. The number of allylic oxidation sites excluding steroid dienone is 1. The van der Waals surface area contributed by atoms with Crippen molar-refractivity contribution in [2.24, 2.45) is 27.1 Å². The van der Waals surface area contributed by atoms with Gasteiger partial charge in [0.1, 0.15) is 40.3 Å². The number of carbonyl (C=O) groups excluding carboxylic acids is 2. The number of nitrogens with zero attached hydrogens (tertiary/aromatic N) is 11. The summed E-state index contributed by atoms with van der Waals surface area (Å²) in [5.41, 5.74) is -0.0903. The number of amidine groups is 1. The van der Waals surface area contributed by atoms with Gasteiger partial charge in [-0.1, -0.05) is 96.5 Å². The highest BCUT2D eigenvalue weighted by atomic mass is 32.2. The van der Waals surface area contributed by atoms with Gasteiger partial charge in [0.25, 0.3) is 6.92 Å². The van der Waals surface area contributed by atoms with Gasteiger partial charge in [-0.3, -0.25) is 14.2 Å². The van der Waals surface area contributed by atoms with Gasteiger partial charge in [-0.2, -0.15) is 9.91 Å². The normalized spacial score (nSPS) is 12.7. The van der Waals surface area contributed by atoms with E-state index >= 15 is 0 Å². The highest BCUT2D eigenvalue weighted by molar-refractivity contribution is 7.91. The van der Waals surface area contributed by atoms with Crippen molar-refractivity contribution >= 4 is 41.5 Å². The average Bonchev–Trinajstić information content (AvgIpc) is 3.84. The lowest BCUT2D eigenvalue weighted by Gasteiger charge is -2.06. The third-order valence-corrected chi connectivity index (χ3v) is 11.0. The second-order valence-electron chi connectivity index (χ2n) is 15.7. The molecule has 0 fully saturated rings. The topological polar surface area (TPSA) is 270 Å². The van der Waals surface area contributed by atoms with Gasteiger partial charge >= 0.3 is 0 Å². The minimum absolute atomic E-state index is 0.0303. The Morgan fingerprint density at radius 1 is 0.879 bits per heavy atom. The Balaban J connectivity index is -0.000000300. The molecule has 0 spiro atoms. The van der Waals surface area contributed by atoms with Crippen molar-refractivity contribution in [3.63, 3.8) is 0 Å². The van der Waals surface area contributed by atoms with Crippen molar-refractivity contribution < 1.29 is 37.6 Å². The van der Waals surface area contributed by atoms with Gasteiger partial charge in [-0.05, 0) is 49.2 Å². The van der Waals surface area contributed by atoms with E-state index in [1.807, 2.05) is 55.4 Å². The van der Waals surface area contributed by atoms with Crippen molar-refractivity contribution in [1.29, 1.82) is 0 Å². The number of ketones is 2. The van der Waals surface area contributed by atoms with Crippen molar-refractivity contribution in [2.75, 3.05) is 19.6 Å². The first-order valence-corrected chi connectivity index (χ1v) is 23.3. The summed E-state index contributed by atoms with van der Waals surface area (Å²) in [4.78, 5) is 34.8. The zero-order valence-electron chi connectivity index (χ0n) is 38.6. The monoisotopic (exact) mass is 864 g/mol. The molecule has 0 aromatic carbocycles. The molecule has 336 valence electrons. The lowest BCUT2D eigenvalue weighted by Crippen LogP contribution is -2.10. The number of azo groups is 1. The Morgan fingerprint density at radius 3 is 1.55 bits per heavy atom. The van der Waals surface area contributed by atoms with Crippen LogP contribution in [0.4, 0.5) is 0 Å². The van der Waals surface area contributed by atoms with Gasteiger partial charge < -0.3 is 15.0 Å². The third kappa shape index (κ3) is 35.6. The number of rotatable bonds is 11. The number of hydrogen-bond acceptors (Lipinski definition) is 16. The Labute approximate surface area is 348 Å². The Bertz CT molecular complexity index is 1660. The van der Waals surface area contributed by atoms with E-state index in [-0.39, 0.29) is 66.0 Å². The van der Waals surface area contributed by atoms with E-state index in [1.54, 1.807) is 41.4 Å². The molecule has 1 atom stereocenters. The van der Waals surface area contributed by atoms with Crippen LogP contribution < -0.4 is 0 Å². The molecule has 0 amide bonds. The second kappa shape index (κ2) is 31.4. The zero-order chi connectivity index (χ0) is 46.7. The van der Waals surface area contributed by atoms with Gasteiger partial charge in [0, 0.05) is 42.3 Å². The fourth-order valence-corrected chi connectivity index (χ4v) is 2.20. The van der Waals surface area contributed by atoms with Crippen LogP contribution in [0.2, 0.25) is 12.6 Å². The summed E-state index contributed by atoms with van der Waals surface area (Å²) in [6.07, 6.45) is 1.23. The number of Topliss-reactive ketones (excluding diaryl/α,β-unsaturated/α-hetero) is 2. The maximum atomic E-state index is 10.7. The van der Waals surface area contributed by atoms with Crippen LogP contribution in [0.3, 0.4) is 0 Å². The molecule has 0 bridgehead atoms. The molecular formula is C36H75BN11O8PS. The van der Waals surface area contributed by atoms with Crippen molar-refractivity contribution in [2.45, 2.75) is 159 Å². The van der Waals surface area contributed by atoms with E-state index in [9.17, 15) is 22.6 Å². The molecule has 1 aliphatic rings. The van der Waals surface area contributed by atoms with Crippen LogP contribution in [-0.4, -0.2) is 119 Å². The maximum Gasteiger partial charge on any atom is 0.288 e. The first kappa shape index (κ1) is 61.1. The van der Waals surface area contributed by atoms with Gasteiger partial charge in [0.2, 0.25) is 0 Å². The van der Waals surface area contributed by atoms with Crippen LogP contribution >= 0.6 is 7.37 Å². The molecule has 3 rings (SSSR count). The maximum absolute atomic E-state index is 10.7. The van der Waals surface area contributed by atoms with Gasteiger partial charge in [-0.25, -0.2) is 18.1 Å². The summed E-state index contributed by atoms with van der Waals surface area (Å²) in [6.45, 7) is 37.1. The average molecular weight is 864 g/mol. The molecule has 2 aromatic rings. The van der Waals surface area contributed by atoms with Crippen LogP contribution in [0.5, 0.6) is 0 Å². The third-order valence-electron chi connectivity index (χ3n) is 7.33. The predicted octanol–water partition coefficient (Wildman–Crippen LogP) is 6.69. The largest absolute Gasteiger partial charge is 0.511 e. The number of carbonyl (C=O) groups is 2. The van der Waals surface area contributed by atoms with E-state index in [0.29, 0.717) is 24.2 Å². The smallest absolute Gasteiger partial charge is 0.288 e. The first-order valence-electron chi connectivity index (χ1n) is 19.2. The van der Waals surface area contributed by atoms with E-state index in [0.717, 1.165) is 11.7 Å². The summed E-state index contributed by atoms with van der Waals surface area (Å²) in [5.74, 6) is 4.22. The zero-order valence-corrected chi connectivity index (χ0v) is 40.3. The van der Waals surface area contributed by atoms with E-state index in [4.69, 9.17) is 15.0 Å². The molecule has 0 saturated heterocycles. The van der Waals surface area contributed by atoms with Crippen molar-refractivity contribution in [3.05, 3.63) is 24.0 Å². The van der Waals surface area contributed by atoms with Crippen LogP contribution in [-0.2, 0) is 37.1 Å². The standard InChI is InChI=1S/2C7H12N4O.C5H9N3.C5H10O.C4H11BO.C4H11O2P.C4H10O2S/c1-5(2)7-8-9-10-11(7)4-6(3)12;1-5(2)7-8-10-11(9-7)4-6(3)12;1-4(2)5-6-3-7-8-5;2*1-4(2)5(3)6;2*1-4(2)7(3,5)6/h5,12H,3-4H2,1-2H3;5H,4H2,1-3H3;4H,3H2,1-2H3;4H,1-3H3;4,6H,1-3H3;4H,1-3H3,(H,5,6);4H,1-3H3. The highest BCUT2D eigenvalue weighted by Crippen LogP contribution is 2.40. The van der Waals surface area contributed by atoms with E-state index in [1.165, 1.54) is 29.3 Å². The molecule has 3 heterocycles. The van der Waals surface area contributed by atoms with Crippen LogP contribution in [0, 0.1) is 11.8 Å². The quantitative estimate of drug-likeness (QED) is 0.121. The molecule has 1 aliphatic heterocycles. The lowest BCUT2D eigenvalue weighted by atomic mass is 9.61. The van der Waals surface area contributed by atoms with E-state index < -0.39 is 17.2 Å². The first-order chi connectivity index (χ1) is 26.2. The molecular weight excluding hydrogens is 788 g/mol. The number of aromatic nitrogens is 8. The number of aliphatic hydroxyl groups excluding tert-OH is 1. The number of aliphatic imine (C=N–C) groups is 1. The van der Waals surface area contributed by atoms with Crippen molar-refractivity contribution in [1.82, 2.24) is 40.4 Å². The molecule has 1 unspecified atom stereocenters. The van der Waals surface area contributed by atoms with Gasteiger partial charge in [0.05, 0.1) is 5.25 Å². The Morgan fingerprint density at radius 2 is 1.33 bits per heavy atom. The Kier molecular flexibility index (Phi) is 33.1. The highest BCUT2D eigenvalue weighted by Gasteiger charge is 2.14. The summed E-state index contributed by atoms with van der Waals surface area (Å²) in [6, 6.07) is 0. The van der Waals surface area contributed by atoms with E-state index in [2.05, 4.69) is 66.6 Å². The fraction of sp³-hybridized carbons (Fsp3) is 0.806. The van der Waals surface area contributed by atoms with Crippen LogP contribution in [0.15, 0.2) is 27.6 Å². The van der Waals surface area contributed by atoms with Crippen LogP contribution in [0.25, 0.3) is 0 Å². The molecule has 0 aliphatic carbocycles. The molecule has 3 N–H and O–H groups in total. The molecule has 19 nitrogen and oxygen atoms in total. The van der Waals surface area contributed by atoms with Crippen LogP contribution in [0.1, 0.15) is 134 Å². The lowest BCUT2D eigenvalue weighted by molar-refractivity contribution is -0.120. The van der Waals surface area contributed by atoms with Crippen molar-refractivity contribution in [3.8, 4) is 0 Å². The number of aliphatic hydroxyl groups is 1.